The summed E-state index contributed by atoms with van der Waals surface area (Å²) in [4.78, 5) is 12.7. The van der Waals surface area contributed by atoms with Crippen molar-refractivity contribution in [2.75, 3.05) is 19.6 Å². The quantitative estimate of drug-likeness (QED) is 0.804. The van der Waals surface area contributed by atoms with Crippen LogP contribution in [-0.2, 0) is 0 Å². The number of nitrogens with one attached hydrogen (secondary N) is 2. The van der Waals surface area contributed by atoms with Gasteiger partial charge in [-0.15, -0.1) is 0 Å². The van der Waals surface area contributed by atoms with Gasteiger partial charge in [0.1, 0.15) is 17.1 Å². The van der Waals surface area contributed by atoms with E-state index in [1.807, 2.05) is 12.1 Å². The molecule has 0 aliphatic carbocycles. The van der Waals surface area contributed by atoms with Crippen LogP contribution in [0.4, 0.5) is 0 Å². The van der Waals surface area contributed by atoms with Crippen molar-refractivity contribution >= 4 is 29.1 Å². The third-order valence-corrected chi connectivity index (χ3v) is 4.84. The van der Waals surface area contributed by atoms with Crippen molar-refractivity contribution in [1.82, 2.24) is 10.6 Å². The Bertz CT molecular complexity index is 746. The Morgan fingerprint density at radius 3 is 2.64 bits per heavy atom. The van der Waals surface area contributed by atoms with Gasteiger partial charge in [0, 0.05) is 6.54 Å². The van der Waals surface area contributed by atoms with Crippen LogP contribution in [0.15, 0.2) is 42.5 Å². The molecule has 25 heavy (non-hydrogen) atoms. The Labute approximate surface area is 157 Å². The van der Waals surface area contributed by atoms with Crippen LogP contribution in [0.2, 0.25) is 10.0 Å². The molecule has 0 bridgehead atoms. The zero-order valence-corrected chi connectivity index (χ0v) is 15.2. The van der Waals surface area contributed by atoms with E-state index in [0.717, 1.165) is 25.9 Å². The number of amides is 1. The van der Waals surface area contributed by atoms with Gasteiger partial charge >= 0.3 is 0 Å². The Balaban J connectivity index is 1.75. The minimum Gasteiger partial charge on any atom is -0.455 e. The molecule has 1 heterocycles. The monoisotopic (exact) mass is 378 g/mol. The molecule has 3 rings (SSSR count). The topological polar surface area (TPSA) is 50.4 Å². The largest absolute Gasteiger partial charge is 0.455 e. The highest BCUT2D eigenvalue weighted by atomic mass is 35.5. The summed E-state index contributed by atoms with van der Waals surface area (Å²) in [6.45, 7) is 2.58. The van der Waals surface area contributed by atoms with E-state index in [1.54, 1.807) is 30.3 Å². The number of hydrogen-bond acceptors (Lipinski definition) is 3. The second kappa shape index (κ2) is 8.56. The lowest BCUT2D eigenvalue weighted by atomic mass is 9.99. The molecular formula is C19H20Cl2N2O2. The average molecular weight is 379 g/mol. The lowest BCUT2D eigenvalue weighted by Crippen LogP contribution is -2.38. The van der Waals surface area contributed by atoms with Gasteiger partial charge in [0.05, 0.1) is 10.0 Å². The van der Waals surface area contributed by atoms with Crippen molar-refractivity contribution in [1.29, 1.82) is 0 Å². The van der Waals surface area contributed by atoms with Gasteiger partial charge in [-0.2, -0.15) is 0 Å². The van der Waals surface area contributed by atoms with E-state index in [0.29, 0.717) is 39.6 Å². The third kappa shape index (κ3) is 4.66. The minimum atomic E-state index is -0.238. The summed E-state index contributed by atoms with van der Waals surface area (Å²) in [5, 5.41) is 7.14. The fourth-order valence-corrected chi connectivity index (χ4v) is 3.31. The number of halogens is 2. The first-order valence-corrected chi connectivity index (χ1v) is 9.10. The van der Waals surface area contributed by atoms with Crippen LogP contribution in [0.25, 0.3) is 0 Å². The number of piperidine rings is 1. The standard InChI is InChI=1S/C19H20Cl2N2O2/c20-14-6-1-2-8-16(14)25-17-9-3-7-15(21)18(17)19(24)23-12-13-5-4-10-22-11-13/h1-3,6-9,13,22H,4-5,10-12H2,(H,23,24). The summed E-state index contributed by atoms with van der Waals surface area (Å²) in [6.07, 6.45) is 2.24. The van der Waals surface area contributed by atoms with E-state index >= 15 is 0 Å². The van der Waals surface area contributed by atoms with Crippen LogP contribution in [0.3, 0.4) is 0 Å². The summed E-state index contributed by atoms with van der Waals surface area (Å²) in [6, 6.07) is 12.3. The van der Waals surface area contributed by atoms with Crippen molar-refractivity contribution < 1.29 is 9.53 Å². The maximum absolute atomic E-state index is 12.7. The number of rotatable bonds is 5. The highest BCUT2D eigenvalue weighted by molar-refractivity contribution is 6.34. The molecule has 1 amide bonds. The first-order chi connectivity index (χ1) is 12.1. The summed E-state index contributed by atoms with van der Waals surface area (Å²) >= 11 is 12.4. The number of ether oxygens (including phenoxy) is 1. The normalized spacial score (nSPS) is 17.1. The van der Waals surface area contributed by atoms with Crippen LogP contribution in [0, 0.1) is 5.92 Å². The third-order valence-electron chi connectivity index (χ3n) is 4.21. The Kier molecular flexibility index (Phi) is 6.19. The zero-order chi connectivity index (χ0) is 17.6. The van der Waals surface area contributed by atoms with Gasteiger partial charge in [-0.3, -0.25) is 4.79 Å². The molecule has 132 valence electrons. The molecule has 1 unspecified atom stereocenters. The Hall–Kier alpha value is -1.75. The van der Waals surface area contributed by atoms with E-state index in [-0.39, 0.29) is 5.91 Å². The summed E-state index contributed by atoms with van der Waals surface area (Å²) in [5.74, 6) is 1.07. The van der Waals surface area contributed by atoms with E-state index in [4.69, 9.17) is 27.9 Å². The molecule has 2 aromatic rings. The van der Waals surface area contributed by atoms with Gasteiger partial charge in [-0.1, -0.05) is 41.4 Å². The highest BCUT2D eigenvalue weighted by Crippen LogP contribution is 2.33. The number of carbonyl (C=O) groups excluding carboxylic acids is 1. The Morgan fingerprint density at radius 2 is 1.88 bits per heavy atom. The second-order valence-corrected chi connectivity index (χ2v) is 6.88. The summed E-state index contributed by atoms with van der Waals surface area (Å²) in [5.41, 5.74) is 0.327. The lowest BCUT2D eigenvalue weighted by Gasteiger charge is -2.23. The molecule has 1 aliphatic rings. The maximum Gasteiger partial charge on any atom is 0.256 e. The van der Waals surface area contributed by atoms with Crippen molar-refractivity contribution in [2.24, 2.45) is 5.92 Å². The SMILES string of the molecule is O=C(NCC1CCCNC1)c1c(Cl)cccc1Oc1ccccc1Cl. The molecule has 2 N–H and O–H groups in total. The van der Waals surface area contributed by atoms with E-state index in [9.17, 15) is 4.79 Å². The molecule has 1 saturated heterocycles. The highest BCUT2D eigenvalue weighted by Gasteiger charge is 2.20. The zero-order valence-electron chi connectivity index (χ0n) is 13.7. The molecule has 1 aliphatic heterocycles. The van der Waals surface area contributed by atoms with Gasteiger partial charge in [0.25, 0.3) is 5.91 Å². The van der Waals surface area contributed by atoms with Gasteiger partial charge in [-0.25, -0.2) is 0 Å². The number of benzene rings is 2. The fraction of sp³-hybridized carbons (Fsp3) is 0.316. The lowest BCUT2D eigenvalue weighted by molar-refractivity contribution is 0.0942. The summed E-state index contributed by atoms with van der Waals surface area (Å²) < 4.78 is 5.84. The summed E-state index contributed by atoms with van der Waals surface area (Å²) in [7, 11) is 0. The van der Waals surface area contributed by atoms with Crippen LogP contribution in [0.5, 0.6) is 11.5 Å². The average Bonchev–Trinajstić information content (AvgIpc) is 2.63. The minimum absolute atomic E-state index is 0.238. The van der Waals surface area contributed by atoms with Gasteiger partial charge < -0.3 is 15.4 Å². The molecule has 1 atom stereocenters. The van der Waals surface area contributed by atoms with Crippen molar-refractivity contribution in [3.63, 3.8) is 0 Å². The van der Waals surface area contributed by atoms with Gasteiger partial charge in [0.2, 0.25) is 0 Å². The molecule has 0 spiro atoms. The molecule has 0 saturated carbocycles. The van der Waals surface area contributed by atoms with E-state index in [2.05, 4.69) is 10.6 Å². The first-order valence-electron chi connectivity index (χ1n) is 8.35. The van der Waals surface area contributed by atoms with Crippen LogP contribution >= 0.6 is 23.2 Å². The number of hydrogen-bond donors (Lipinski definition) is 2. The molecule has 6 heteroatoms. The fourth-order valence-electron chi connectivity index (χ4n) is 2.88. The molecule has 4 nitrogen and oxygen atoms in total. The van der Waals surface area contributed by atoms with E-state index in [1.165, 1.54) is 0 Å². The maximum atomic E-state index is 12.7. The molecule has 0 radical (unpaired) electrons. The van der Waals surface area contributed by atoms with Crippen molar-refractivity contribution in [3.8, 4) is 11.5 Å². The van der Waals surface area contributed by atoms with E-state index < -0.39 is 0 Å². The first kappa shape index (κ1) is 18.1. The number of para-hydroxylation sites is 1. The van der Waals surface area contributed by atoms with Crippen molar-refractivity contribution in [2.45, 2.75) is 12.8 Å². The molecular weight excluding hydrogens is 359 g/mol. The van der Waals surface area contributed by atoms with Gasteiger partial charge in [-0.05, 0) is 56.1 Å². The Morgan fingerprint density at radius 1 is 1.12 bits per heavy atom. The smallest absolute Gasteiger partial charge is 0.256 e. The predicted molar refractivity (Wildman–Crippen MR) is 101 cm³/mol. The van der Waals surface area contributed by atoms with Crippen molar-refractivity contribution in [3.05, 3.63) is 58.1 Å². The second-order valence-electron chi connectivity index (χ2n) is 6.07. The van der Waals surface area contributed by atoms with Crippen LogP contribution in [-0.4, -0.2) is 25.5 Å². The number of carbonyl (C=O) groups is 1. The van der Waals surface area contributed by atoms with Crippen LogP contribution < -0.4 is 15.4 Å². The molecule has 2 aromatic carbocycles. The van der Waals surface area contributed by atoms with Gasteiger partial charge in [0.15, 0.2) is 0 Å². The molecule has 1 fully saturated rings. The van der Waals surface area contributed by atoms with Crippen LogP contribution in [0.1, 0.15) is 23.2 Å². The molecule has 0 aromatic heterocycles. The predicted octanol–water partition coefficient (Wildman–Crippen LogP) is 4.52.